The monoisotopic (exact) mass is 372 g/mol. The van der Waals surface area contributed by atoms with Crippen LogP contribution in [0.2, 0.25) is 0 Å². The molecule has 0 radical (unpaired) electrons. The van der Waals surface area contributed by atoms with E-state index in [9.17, 15) is 15.0 Å². The van der Waals surface area contributed by atoms with Gasteiger partial charge in [0, 0.05) is 6.42 Å². The van der Waals surface area contributed by atoms with Crippen LogP contribution in [-0.2, 0) is 16.0 Å². The summed E-state index contributed by atoms with van der Waals surface area (Å²) >= 11 is 0. The second-order valence-electron chi connectivity index (χ2n) is 9.52. The Balaban J connectivity index is 1.71. The van der Waals surface area contributed by atoms with E-state index < -0.39 is 0 Å². The molecule has 27 heavy (non-hydrogen) atoms. The van der Waals surface area contributed by atoms with Crippen molar-refractivity contribution in [2.75, 3.05) is 0 Å². The number of phenolic OH excluding ortho intramolecular Hbond substituents is 1. The number of carbonyl (C=O) groups excluding carboxylic acids is 1. The zero-order valence-electron chi connectivity index (χ0n) is 16.6. The number of aliphatic hydroxyl groups excluding tert-OH is 1. The molecule has 0 bridgehead atoms. The van der Waals surface area contributed by atoms with Crippen molar-refractivity contribution in [3.63, 3.8) is 0 Å². The van der Waals surface area contributed by atoms with E-state index in [2.05, 4.69) is 13.0 Å². The summed E-state index contributed by atoms with van der Waals surface area (Å²) < 4.78 is 5.47. The molecular weight excluding hydrogens is 340 g/mol. The normalized spacial score (nSPS) is 37.4. The van der Waals surface area contributed by atoms with Gasteiger partial charge in [0.25, 0.3) is 0 Å². The van der Waals surface area contributed by atoms with Crippen molar-refractivity contribution in [3.8, 4) is 5.75 Å². The Morgan fingerprint density at radius 3 is 2.81 bits per heavy atom. The molecule has 0 saturated heterocycles. The fourth-order valence-electron chi connectivity index (χ4n) is 6.57. The number of hydrogen-bond donors (Lipinski definition) is 2. The first kappa shape index (κ1) is 18.8. The number of carbonyl (C=O) groups is 1. The summed E-state index contributed by atoms with van der Waals surface area (Å²) in [5.74, 6) is 1.69. The van der Waals surface area contributed by atoms with Gasteiger partial charge in [-0.3, -0.25) is 4.79 Å². The van der Waals surface area contributed by atoms with E-state index in [0.29, 0.717) is 29.9 Å². The lowest BCUT2D eigenvalue weighted by atomic mass is 9.51. The Labute approximate surface area is 161 Å². The second-order valence-corrected chi connectivity index (χ2v) is 9.52. The molecule has 1 aromatic carbocycles. The standard InChI is InChI=1S/C23H32O4/c1-13(2)27-21(26)11-15-12-23(3)19(8-9-20(23)25)18-6-4-14-10-16(24)5-7-17(14)22(15)18/h5,7,10,13,15,18-20,22,24-25H,4,6,8-9,11-12H2,1-3H3/t15-,18?,19?,20?,22?,23?/m0/s1. The molecule has 1 aromatic rings. The number of phenols is 1. The third kappa shape index (κ3) is 3.16. The fraction of sp³-hybridized carbons (Fsp3) is 0.696. The first-order chi connectivity index (χ1) is 12.8. The van der Waals surface area contributed by atoms with Crippen LogP contribution < -0.4 is 0 Å². The molecule has 3 aliphatic carbocycles. The lowest BCUT2D eigenvalue weighted by molar-refractivity contribution is -0.150. The van der Waals surface area contributed by atoms with E-state index >= 15 is 0 Å². The minimum atomic E-state index is -0.270. The molecule has 2 saturated carbocycles. The molecule has 4 heteroatoms. The fourth-order valence-corrected chi connectivity index (χ4v) is 6.57. The Kier molecular flexibility index (Phi) is 4.74. The predicted molar refractivity (Wildman–Crippen MR) is 103 cm³/mol. The van der Waals surface area contributed by atoms with E-state index in [1.165, 1.54) is 11.1 Å². The van der Waals surface area contributed by atoms with Crippen molar-refractivity contribution in [2.24, 2.45) is 23.2 Å². The van der Waals surface area contributed by atoms with Crippen molar-refractivity contribution >= 4 is 5.97 Å². The molecular formula is C23H32O4. The van der Waals surface area contributed by atoms with Crippen LogP contribution in [0.15, 0.2) is 18.2 Å². The highest BCUT2D eigenvalue weighted by Crippen LogP contribution is 2.63. The van der Waals surface area contributed by atoms with Crippen LogP contribution in [0.5, 0.6) is 5.75 Å². The summed E-state index contributed by atoms with van der Waals surface area (Å²) in [7, 11) is 0. The quantitative estimate of drug-likeness (QED) is 0.781. The van der Waals surface area contributed by atoms with E-state index in [-0.39, 0.29) is 29.5 Å². The highest BCUT2D eigenvalue weighted by Gasteiger charge is 2.57. The number of aryl methyl sites for hydroxylation is 1. The van der Waals surface area contributed by atoms with Gasteiger partial charge in [0.1, 0.15) is 5.75 Å². The van der Waals surface area contributed by atoms with E-state index in [4.69, 9.17) is 4.74 Å². The van der Waals surface area contributed by atoms with Gasteiger partial charge in [-0.1, -0.05) is 13.0 Å². The van der Waals surface area contributed by atoms with Gasteiger partial charge in [-0.25, -0.2) is 0 Å². The summed E-state index contributed by atoms with van der Waals surface area (Å²) in [4.78, 5) is 12.5. The molecule has 0 aromatic heterocycles. The van der Waals surface area contributed by atoms with Crippen LogP contribution >= 0.6 is 0 Å². The molecule has 3 aliphatic rings. The van der Waals surface area contributed by atoms with Crippen molar-refractivity contribution in [1.82, 2.24) is 0 Å². The average Bonchev–Trinajstić information content (AvgIpc) is 2.88. The van der Waals surface area contributed by atoms with Gasteiger partial charge in [0.2, 0.25) is 0 Å². The van der Waals surface area contributed by atoms with Crippen LogP contribution in [0.25, 0.3) is 0 Å². The topological polar surface area (TPSA) is 66.8 Å². The largest absolute Gasteiger partial charge is 0.508 e. The second kappa shape index (κ2) is 6.80. The minimum absolute atomic E-state index is 0.0988. The number of fused-ring (bicyclic) bond motifs is 5. The third-order valence-corrected chi connectivity index (χ3v) is 7.58. The van der Waals surface area contributed by atoms with Crippen molar-refractivity contribution < 1.29 is 19.7 Å². The highest BCUT2D eigenvalue weighted by atomic mass is 16.5. The van der Waals surface area contributed by atoms with Crippen molar-refractivity contribution in [3.05, 3.63) is 29.3 Å². The first-order valence-electron chi connectivity index (χ1n) is 10.5. The molecule has 2 N–H and O–H groups in total. The molecule has 148 valence electrons. The Morgan fingerprint density at radius 2 is 2.07 bits per heavy atom. The van der Waals surface area contributed by atoms with Gasteiger partial charge in [-0.05, 0) is 98.3 Å². The van der Waals surface area contributed by atoms with E-state index in [1.807, 2.05) is 19.9 Å². The number of ether oxygens (including phenoxy) is 1. The summed E-state index contributed by atoms with van der Waals surface area (Å²) in [5.41, 5.74) is 2.42. The van der Waals surface area contributed by atoms with E-state index in [1.54, 1.807) is 6.07 Å². The number of aromatic hydroxyl groups is 1. The van der Waals surface area contributed by atoms with E-state index in [0.717, 1.165) is 32.1 Å². The number of benzene rings is 1. The van der Waals surface area contributed by atoms with Gasteiger partial charge < -0.3 is 14.9 Å². The maximum Gasteiger partial charge on any atom is 0.306 e. The van der Waals surface area contributed by atoms with Gasteiger partial charge in [0.05, 0.1) is 12.2 Å². The lowest BCUT2D eigenvalue weighted by Gasteiger charge is -2.53. The van der Waals surface area contributed by atoms with Gasteiger partial charge in [0.15, 0.2) is 0 Å². The molecule has 4 nitrogen and oxygen atoms in total. The van der Waals surface area contributed by atoms with Gasteiger partial charge in [-0.15, -0.1) is 0 Å². The zero-order valence-corrected chi connectivity index (χ0v) is 16.6. The maximum atomic E-state index is 12.5. The molecule has 5 unspecified atom stereocenters. The van der Waals surface area contributed by atoms with Crippen LogP contribution in [0.1, 0.15) is 69.9 Å². The van der Waals surface area contributed by atoms with Crippen molar-refractivity contribution in [1.29, 1.82) is 0 Å². The number of esters is 1. The molecule has 0 aliphatic heterocycles. The van der Waals surface area contributed by atoms with Gasteiger partial charge >= 0.3 is 5.97 Å². The van der Waals surface area contributed by atoms with Crippen LogP contribution in [0.3, 0.4) is 0 Å². The summed E-state index contributed by atoms with van der Waals surface area (Å²) in [6, 6.07) is 5.74. The van der Waals surface area contributed by atoms with Crippen molar-refractivity contribution in [2.45, 2.75) is 77.4 Å². The summed E-state index contributed by atoms with van der Waals surface area (Å²) in [6.45, 7) is 6.01. The van der Waals surface area contributed by atoms with Crippen LogP contribution in [0, 0.1) is 23.2 Å². The predicted octanol–water partition coefficient (Wildman–Crippen LogP) is 4.18. The Morgan fingerprint density at radius 1 is 1.30 bits per heavy atom. The number of aliphatic hydroxyl groups is 1. The summed E-state index contributed by atoms with van der Waals surface area (Å²) in [5, 5.41) is 20.7. The lowest BCUT2D eigenvalue weighted by Crippen LogP contribution is -2.48. The molecule has 2 fully saturated rings. The maximum absolute atomic E-state index is 12.5. The average molecular weight is 373 g/mol. The smallest absolute Gasteiger partial charge is 0.306 e. The molecule has 6 atom stereocenters. The van der Waals surface area contributed by atoms with Gasteiger partial charge in [-0.2, -0.15) is 0 Å². The van der Waals surface area contributed by atoms with Crippen LogP contribution in [0.4, 0.5) is 0 Å². The number of rotatable bonds is 3. The Bertz CT molecular complexity index is 727. The molecule has 0 heterocycles. The Hall–Kier alpha value is -1.55. The molecule has 0 amide bonds. The third-order valence-electron chi connectivity index (χ3n) is 7.58. The molecule has 0 spiro atoms. The first-order valence-corrected chi connectivity index (χ1v) is 10.5. The SMILES string of the molecule is CC(C)OC(=O)C[C@H]1CC2(C)C(O)CCC2C2CCc3cc(O)ccc3C21. The highest BCUT2D eigenvalue weighted by molar-refractivity contribution is 5.70. The van der Waals surface area contributed by atoms with Crippen LogP contribution in [-0.4, -0.2) is 28.4 Å². The summed E-state index contributed by atoms with van der Waals surface area (Å²) in [6.07, 6.45) is 4.90. The zero-order chi connectivity index (χ0) is 19.3. The number of hydrogen-bond acceptors (Lipinski definition) is 4. The molecule has 4 rings (SSSR count). The minimum Gasteiger partial charge on any atom is -0.508 e.